The van der Waals surface area contributed by atoms with Crippen LogP contribution in [0, 0.1) is 11.6 Å². The molecule has 0 amide bonds. The molecule has 0 spiro atoms. The first kappa shape index (κ1) is 26.5. The van der Waals surface area contributed by atoms with Gasteiger partial charge in [0.2, 0.25) is 5.28 Å². The van der Waals surface area contributed by atoms with Crippen molar-refractivity contribution in [2.75, 3.05) is 0 Å². The first-order valence-electron chi connectivity index (χ1n) is 11.9. The van der Waals surface area contributed by atoms with Crippen molar-refractivity contribution < 1.29 is 8.78 Å². The molecule has 0 bridgehead atoms. The zero-order valence-electron chi connectivity index (χ0n) is 20.7. The van der Waals surface area contributed by atoms with Crippen molar-refractivity contribution >= 4 is 11.6 Å². The molecule has 0 saturated carbocycles. The predicted molar refractivity (Wildman–Crippen MR) is 149 cm³/mol. The van der Waals surface area contributed by atoms with Crippen LogP contribution in [0.3, 0.4) is 0 Å². The van der Waals surface area contributed by atoms with Gasteiger partial charge in [0.25, 0.3) is 0 Å². The van der Waals surface area contributed by atoms with Gasteiger partial charge in [0.05, 0.1) is 11.4 Å². The van der Waals surface area contributed by atoms with E-state index in [1.54, 1.807) is 67.4 Å². The molecule has 4 heterocycles. The number of rotatable bonds is 4. The van der Waals surface area contributed by atoms with E-state index in [0.29, 0.717) is 11.4 Å². The Morgan fingerprint density at radius 1 is 0.600 bits per heavy atom. The van der Waals surface area contributed by atoms with Gasteiger partial charge >= 0.3 is 5.69 Å². The van der Waals surface area contributed by atoms with E-state index in [1.165, 1.54) is 30.5 Å². The summed E-state index contributed by atoms with van der Waals surface area (Å²) in [5.74, 6) is -0.592. The van der Waals surface area contributed by atoms with Crippen LogP contribution < -0.4 is 5.69 Å². The number of H-pyrrole nitrogens is 1. The highest BCUT2D eigenvalue weighted by atomic mass is 35.5. The van der Waals surface area contributed by atoms with Crippen LogP contribution >= 0.6 is 11.6 Å². The monoisotopic (exact) mass is 552 g/mol. The molecule has 6 rings (SSSR count). The van der Waals surface area contributed by atoms with E-state index < -0.39 is 5.69 Å². The first-order valence-corrected chi connectivity index (χ1v) is 12.3. The van der Waals surface area contributed by atoms with E-state index >= 15 is 0 Å². The summed E-state index contributed by atoms with van der Waals surface area (Å²) in [5.41, 5.74) is 5.73. The standard InChI is InChI=1S/C15H9ClFN3.C15H10FN3O/c16-15-19-9-13(10-1-3-12(17)4-2-10)14(20-15)11-5-7-18-8-6-11;16-12-3-1-10(2-4-12)13-9-18-15(20)19-14(13)11-5-7-17-8-6-11/h1-9H;1-9H,(H,18,19,20). The van der Waals surface area contributed by atoms with E-state index in [0.717, 1.165) is 33.4 Å². The largest absolute Gasteiger partial charge is 0.345 e. The average molecular weight is 553 g/mol. The highest BCUT2D eigenvalue weighted by Gasteiger charge is 2.11. The van der Waals surface area contributed by atoms with Gasteiger partial charge in [0.1, 0.15) is 11.6 Å². The molecule has 4 aromatic heterocycles. The molecule has 0 saturated heterocycles. The Bertz CT molecular complexity index is 1780. The molecule has 0 aliphatic heterocycles. The third-order valence-corrected chi connectivity index (χ3v) is 5.99. The summed E-state index contributed by atoms with van der Waals surface area (Å²) in [6.07, 6.45) is 9.77. The Labute approximate surface area is 232 Å². The van der Waals surface area contributed by atoms with Crippen molar-refractivity contribution in [3.05, 3.63) is 137 Å². The van der Waals surface area contributed by atoms with E-state index in [4.69, 9.17) is 11.6 Å². The fourth-order valence-corrected chi connectivity index (χ4v) is 4.05. The zero-order valence-corrected chi connectivity index (χ0v) is 21.4. The summed E-state index contributed by atoms with van der Waals surface area (Å²) in [7, 11) is 0. The number of benzene rings is 2. The molecule has 0 aliphatic carbocycles. The quantitative estimate of drug-likeness (QED) is 0.246. The minimum atomic E-state index is -0.428. The molecule has 7 nitrogen and oxygen atoms in total. The molecule has 0 fully saturated rings. The van der Waals surface area contributed by atoms with Gasteiger partial charge in [0, 0.05) is 59.4 Å². The SMILES string of the molecule is Fc1ccc(-c2cnc(Cl)nc2-c2ccncc2)cc1.O=c1ncc(-c2ccc(F)cc2)c(-c2ccncc2)[nH]1. The Kier molecular flexibility index (Phi) is 8.03. The van der Waals surface area contributed by atoms with E-state index in [2.05, 4.69) is 29.9 Å². The van der Waals surface area contributed by atoms with E-state index in [1.807, 2.05) is 12.1 Å². The van der Waals surface area contributed by atoms with Crippen molar-refractivity contribution in [1.82, 2.24) is 29.9 Å². The van der Waals surface area contributed by atoms with E-state index in [-0.39, 0.29) is 16.9 Å². The van der Waals surface area contributed by atoms with Crippen molar-refractivity contribution in [3.8, 4) is 44.8 Å². The van der Waals surface area contributed by atoms with Crippen LogP contribution in [-0.4, -0.2) is 29.9 Å². The molecule has 6 aromatic rings. The average Bonchev–Trinajstić information content (AvgIpc) is 2.99. The lowest BCUT2D eigenvalue weighted by molar-refractivity contribution is 0.627. The Balaban J connectivity index is 0.000000161. The Morgan fingerprint density at radius 2 is 1.10 bits per heavy atom. The maximum atomic E-state index is 13.0. The van der Waals surface area contributed by atoms with Crippen molar-refractivity contribution in [2.24, 2.45) is 0 Å². The molecule has 196 valence electrons. The van der Waals surface area contributed by atoms with Gasteiger partial charge in [0.15, 0.2) is 0 Å². The first-order chi connectivity index (χ1) is 19.5. The minimum absolute atomic E-state index is 0.169. The topological polar surface area (TPSA) is 97.3 Å². The summed E-state index contributed by atoms with van der Waals surface area (Å²) in [5, 5.41) is 0.169. The number of hydrogen-bond acceptors (Lipinski definition) is 6. The number of hydrogen-bond donors (Lipinski definition) is 1. The number of halogens is 3. The molecular weight excluding hydrogens is 534 g/mol. The molecule has 2 aromatic carbocycles. The summed E-state index contributed by atoms with van der Waals surface area (Å²) in [6.45, 7) is 0. The summed E-state index contributed by atoms with van der Waals surface area (Å²) >= 11 is 5.88. The second-order valence-corrected chi connectivity index (χ2v) is 8.70. The maximum absolute atomic E-state index is 13.0. The van der Waals surface area contributed by atoms with Crippen LogP contribution in [0.5, 0.6) is 0 Å². The van der Waals surface area contributed by atoms with Crippen molar-refractivity contribution in [2.45, 2.75) is 0 Å². The number of aromatic nitrogens is 6. The molecule has 10 heteroatoms. The lowest BCUT2D eigenvalue weighted by Crippen LogP contribution is -2.11. The van der Waals surface area contributed by atoms with Crippen LogP contribution in [0.4, 0.5) is 8.78 Å². The van der Waals surface area contributed by atoms with Crippen LogP contribution in [0.1, 0.15) is 0 Å². The molecule has 40 heavy (non-hydrogen) atoms. The van der Waals surface area contributed by atoms with Crippen molar-refractivity contribution in [1.29, 1.82) is 0 Å². The fourth-order valence-electron chi connectivity index (χ4n) is 3.92. The summed E-state index contributed by atoms with van der Waals surface area (Å²) < 4.78 is 26.0. The lowest BCUT2D eigenvalue weighted by atomic mass is 10.0. The smallest absolute Gasteiger partial charge is 0.305 e. The third-order valence-electron chi connectivity index (χ3n) is 5.80. The predicted octanol–water partition coefficient (Wildman–Crippen LogP) is 6.64. The van der Waals surface area contributed by atoms with Crippen LogP contribution in [0.2, 0.25) is 5.28 Å². The van der Waals surface area contributed by atoms with Crippen LogP contribution in [0.25, 0.3) is 44.8 Å². The summed E-state index contributed by atoms with van der Waals surface area (Å²) in [4.78, 5) is 34.1. The van der Waals surface area contributed by atoms with Crippen molar-refractivity contribution in [3.63, 3.8) is 0 Å². The zero-order chi connectivity index (χ0) is 27.9. The Morgan fingerprint density at radius 3 is 1.68 bits per heavy atom. The normalized spacial score (nSPS) is 10.5. The highest BCUT2D eigenvalue weighted by molar-refractivity contribution is 6.28. The van der Waals surface area contributed by atoms with Gasteiger partial charge in [-0.15, -0.1) is 0 Å². The molecule has 1 N–H and O–H groups in total. The van der Waals surface area contributed by atoms with Gasteiger partial charge < -0.3 is 4.98 Å². The maximum Gasteiger partial charge on any atom is 0.345 e. The second kappa shape index (κ2) is 12.1. The van der Waals surface area contributed by atoms with Gasteiger partial charge in [-0.05, 0) is 71.3 Å². The third kappa shape index (κ3) is 6.28. The summed E-state index contributed by atoms with van der Waals surface area (Å²) in [6, 6.07) is 19.5. The van der Waals surface area contributed by atoms with Gasteiger partial charge in [-0.1, -0.05) is 24.3 Å². The number of nitrogens with one attached hydrogen (secondary N) is 1. The van der Waals surface area contributed by atoms with Crippen LogP contribution in [0.15, 0.2) is 115 Å². The van der Waals surface area contributed by atoms with E-state index in [9.17, 15) is 13.6 Å². The molecule has 0 aliphatic rings. The van der Waals surface area contributed by atoms with Gasteiger partial charge in [-0.3, -0.25) is 9.97 Å². The number of aromatic amines is 1. The molecule has 0 atom stereocenters. The molecule has 0 unspecified atom stereocenters. The minimum Gasteiger partial charge on any atom is -0.305 e. The molecular formula is C30H19ClF2N6O. The second-order valence-electron chi connectivity index (χ2n) is 8.36. The Hall–Kier alpha value is -5.15. The molecule has 0 radical (unpaired) electrons. The highest BCUT2D eigenvalue weighted by Crippen LogP contribution is 2.31. The fraction of sp³-hybridized carbons (Fsp3) is 0. The van der Waals surface area contributed by atoms with Crippen LogP contribution in [-0.2, 0) is 0 Å². The number of pyridine rings is 2. The lowest BCUT2D eigenvalue weighted by Gasteiger charge is -2.08. The van der Waals surface area contributed by atoms with Gasteiger partial charge in [-0.25, -0.2) is 28.5 Å². The number of nitrogens with zero attached hydrogens (tertiary/aromatic N) is 5. The van der Waals surface area contributed by atoms with Gasteiger partial charge in [-0.2, -0.15) is 0 Å².